The van der Waals surface area contributed by atoms with Crippen molar-refractivity contribution in [2.75, 3.05) is 31.1 Å². The maximum absolute atomic E-state index is 10.1. The van der Waals surface area contributed by atoms with E-state index in [0.717, 1.165) is 43.1 Å². The predicted octanol–water partition coefficient (Wildman–Crippen LogP) is 2.74. The van der Waals surface area contributed by atoms with Gasteiger partial charge in [-0.1, -0.05) is 6.07 Å². The lowest BCUT2D eigenvalue weighted by Crippen LogP contribution is -2.42. The lowest BCUT2D eigenvalue weighted by atomic mass is 9.80. The van der Waals surface area contributed by atoms with E-state index in [1.807, 2.05) is 31.2 Å². The van der Waals surface area contributed by atoms with E-state index in [4.69, 9.17) is 0 Å². The molecule has 5 nitrogen and oxygen atoms in total. The molecule has 1 aromatic carbocycles. The molecule has 24 heavy (non-hydrogen) atoms. The molecule has 2 saturated heterocycles. The molecule has 1 spiro atoms. The highest BCUT2D eigenvalue weighted by molar-refractivity contribution is 5.67. The van der Waals surface area contributed by atoms with Crippen LogP contribution in [0.2, 0.25) is 0 Å². The van der Waals surface area contributed by atoms with Gasteiger partial charge in [0.1, 0.15) is 5.75 Å². The second-order valence-electron chi connectivity index (χ2n) is 7.25. The van der Waals surface area contributed by atoms with Crippen LogP contribution in [0, 0.1) is 12.3 Å². The molecule has 2 aliphatic rings. The predicted molar refractivity (Wildman–Crippen MR) is 95.2 cm³/mol. The molecule has 4 rings (SSSR count). The Morgan fingerprint density at radius 1 is 1.17 bits per heavy atom. The third kappa shape index (κ3) is 2.84. The Labute approximate surface area is 142 Å². The van der Waals surface area contributed by atoms with Gasteiger partial charge in [-0.2, -0.15) is 0 Å². The molecule has 1 atom stereocenters. The molecular weight excluding hydrogens is 300 g/mol. The number of aryl methyl sites for hydroxylation is 1. The zero-order valence-corrected chi connectivity index (χ0v) is 14.1. The lowest BCUT2D eigenvalue weighted by Gasteiger charge is -2.33. The van der Waals surface area contributed by atoms with E-state index in [1.165, 1.54) is 19.3 Å². The Bertz CT molecular complexity index is 723. The maximum atomic E-state index is 10.1. The topological polar surface area (TPSA) is 61.3 Å². The lowest BCUT2D eigenvalue weighted by molar-refractivity contribution is 0.239. The molecule has 2 fully saturated rings. The Morgan fingerprint density at radius 2 is 2.08 bits per heavy atom. The van der Waals surface area contributed by atoms with Gasteiger partial charge in [0.15, 0.2) is 5.82 Å². The minimum atomic E-state index is 0.255. The number of aromatic hydroxyl groups is 1. The van der Waals surface area contributed by atoms with Gasteiger partial charge in [-0.05, 0) is 62.6 Å². The van der Waals surface area contributed by atoms with Gasteiger partial charge in [0.25, 0.3) is 0 Å². The van der Waals surface area contributed by atoms with Gasteiger partial charge in [-0.15, -0.1) is 10.2 Å². The van der Waals surface area contributed by atoms with Gasteiger partial charge in [0.05, 0.1) is 5.69 Å². The highest BCUT2D eigenvalue weighted by Crippen LogP contribution is 2.38. The summed E-state index contributed by atoms with van der Waals surface area (Å²) >= 11 is 0. The summed E-state index contributed by atoms with van der Waals surface area (Å²) in [6, 6.07) is 9.61. The zero-order chi connectivity index (χ0) is 16.6. The Hall–Kier alpha value is -2.14. The SMILES string of the molecule is Cc1ccc(-c2ccc(N3CCC4(CCCNC4)C3)nn2)c(O)c1. The van der Waals surface area contributed by atoms with E-state index in [9.17, 15) is 5.11 Å². The molecule has 0 aliphatic carbocycles. The van der Waals surface area contributed by atoms with Crippen molar-refractivity contribution in [2.24, 2.45) is 5.41 Å². The van der Waals surface area contributed by atoms with Crippen LogP contribution in [0.25, 0.3) is 11.3 Å². The summed E-state index contributed by atoms with van der Waals surface area (Å²) in [5.41, 5.74) is 2.89. The van der Waals surface area contributed by atoms with Gasteiger partial charge in [0, 0.05) is 30.6 Å². The second kappa shape index (κ2) is 6.06. The van der Waals surface area contributed by atoms with Crippen molar-refractivity contribution in [3.63, 3.8) is 0 Å². The summed E-state index contributed by atoms with van der Waals surface area (Å²) < 4.78 is 0. The minimum absolute atomic E-state index is 0.255. The van der Waals surface area contributed by atoms with Crippen LogP contribution in [0.15, 0.2) is 30.3 Å². The number of nitrogens with one attached hydrogen (secondary N) is 1. The van der Waals surface area contributed by atoms with Crippen LogP contribution in [-0.4, -0.2) is 41.5 Å². The van der Waals surface area contributed by atoms with Crippen molar-refractivity contribution < 1.29 is 5.11 Å². The van der Waals surface area contributed by atoms with Crippen LogP contribution in [-0.2, 0) is 0 Å². The van der Waals surface area contributed by atoms with Crippen molar-refractivity contribution in [3.8, 4) is 17.0 Å². The third-order valence-corrected chi connectivity index (χ3v) is 5.40. The number of hydrogen-bond donors (Lipinski definition) is 2. The first-order valence-corrected chi connectivity index (χ1v) is 8.75. The van der Waals surface area contributed by atoms with Gasteiger partial charge in [0.2, 0.25) is 0 Å². The summed E-state index contributed by atoms with van der Waals surface area (Å²) in [5, 5.41) is 22.4. The first-order chi connectivity index (χ1) is 11.7. The fourth-order valence-corrected chi connectivity index (χ4v) is 4.01. The van der Waals surface area contributed by atoms with Crippen LogP contribution in [0.5, 0.6) is 5.75 Å². The van der Waals surface area contributed by atoms with E-state index in [0.29, 0.717) is 11.1 Å². The molecule has 1 aromatic heterocycles. The van der Waals surface area contributed by atoms with Crippen molar-refractivity contribution >= 4 is 5.82 Å². The number of anilines is 1. The summed E-state index contributed by atoms with van der Waals surface area (Å²) in [6.07, 6.45) is 3.80. The average Bonchev–Trinajstić information content (AvgIpc) is 2.99. The van der Waals surface area contributed by atoms with Crippen molar-refractivity contribution in [1.82, 2.24) is 15.5 Å². The maximum Gasteiger partial charge on any atom is 0.151 e. The normalized spacial score (nSPS) is 23.8. The first-order valence-electron chi connectivity index (χ1n) is 8.75. The summed E-state index contributed by atoms with van der Waals surface area (Å²) in [4.78, 5) is 2.35. The van der Waals surface area contributed by atoms with Gasteiger partial charge >= 0.3 is 0 Å². The Kier molecular flexibility index (Phi) is 3.88. The van der Waals surface area contributed by atoms with E-state index in [1.54, 1.807) is 6.07 Å². The van der Waals surface area contributed by atoms with Crippen LogP contribution >= 0.6 is 0 Å². The van der Waals surface area contributed by atoms with Crippen LogP contribution < -0.4 is 10.2 Å². The molecule has 0 bridgehead atoms. The average molecular weight is 324 g/mol. The molecule has 0 amide bonds. The first kappa shape index (κ1) is 15.4. The van der Waals surface area contributed by atoms with Crippen molar-refractivity contribution in [1.29, 1.82) is 0 Å². The monoisotopic (exact) mass is 324 g/mol. The smallest absolute Gasteiger partial charge is 0.151 e. The molecule has 2 N–H and O–H groups in total. The van der Waals surface area contributed by atoms with Gasteiger partial charge < -0.3 is 15.3 Å². The number of rotatable bonds is 2. The zero-order valence-electron chi connectivity index (χ0n) is 14.1. The number of nitrogens with zero attached hydrogens (tertiary/aromatic N) is 3. The highest BCUT2D eigenvalue weighted by atomic mass is 16.3. The van der Waals surface area contributed by atoms with E-state index < -0.39 is 0 Å². The second-order valence-corrected chi connectivity index (χ2v) is 7.25. The van der Waals surface area contributed by atoms with Crippen molar-refractivity contribution in [3.05, 3.63) is 35.9 Å². The largest absolute Gasteiger partial charge is 0.507 e. The molecule has 5 heteroatoms. The quantitative estimate of drug-likeness (QED) is 0.889. The van der Waals surface area contributed by atoms with Crippen LogP contribution in [0.3, 0.4) is 0 Å². The van der Waals surface area contributed by atoms with E-state index in [-0.39, 0.29) is 5.75 Å². The van der Waals surface area contributed by atoms with E-state index in [2.05, 4.69) is 20.4 Å². The van der Waals surface area contributed by atoms with Gasteiger partial charge in [-0.25, -0.2) is 0 Å². The standard InChI is InChI=1S/C19H24N4O/c1-14-3-4-15(17(24)11-14)16-5-6-18(22-21-16)23-10-8-19(13-23)7-2-9-20-12-19/h3-6,11,20,24H,2,7-10,12-13H2,1H3. The number of hydrogen-bond acceptors (Lipinski definition) is 5. The molecular formula is C19H24N4O. The molecule has 2 aliphatic heterocycles. The number of piperidine rings is 1. The van der Waals surface area contributed by atoms with E-state index >= 15 is 0 Å². The number of aromatic nitrogens is 2. The highest BCUT2D eigenvalue weighted by Gasteiger charge is 2.39. The van der Waals surface area contributed by atoms with Crippen molar-refractivity contribution in [2.45, 2.75) is 26.2 Å². The molecule has 0 saturated carbocycles. The summed E-state index contributed by atoms with van der Waals surface area (Å²) in [7, 11) is 0. The van der Waals surface area contributed by atoms with Crippen LogP contribution in [0.1, 0.15) is 24.8 Å². The molecule has 126 valence electrons. The summed E-state index contributed by atoms with van der Waals surface area (Å²) in [5.74, 6) is 1.19. The number of phenols is 1. The molecule has 1 unspecified atom stereocenters. The minimum Gasteiger partial charge on any atom is -0.507 e. The Morgan fingerprint density at radius 3 is 2.79 bits per heavy atom. The fraction of sp³-hybridized carbons (Fsp3) is 0.474. The summed E-state index contributed by atoms with van der Waals surface area (Å²) in [6.45, 7) is 6.33. The molecule has 3 heterocycles. The molecule has 2 aromatic rings. The fourth-order valence-electron chi connectivity index (χ4n) is 4.01. The number of phenolic OH excluding ortho intramolecular Hbond substituents is 1. The Balaban J connectivity index is 1.52. The third-order valence-electron chi connectivity index (χ3n) is 5.40. The molecule has 0 radical (unpaired) electrons. The van der Waals surface area contributed by atoms with Crippen LogP contribution in [0.4, 0.5) is 5.82 Å². The van der Waals surface area contributed by atoms with Gasteiger partial charge in [-0.3, -0.25) is 0 Å². The number of benzene rings is 1.